The number of pyridine rings is 1. The molecule has 0 spiro atoms. The molecule has 0 aliphatic rings. The summed E-state index contributed by atoms with van der Waals surface area (Å²) in [6.45, 7) is 0. The molecule has 0 amide bonds. The molecular formula is C15H12FN3O3. The fourth-order valence-corrected chi connectivity index (χ4v) is 1.98. The lowest BCUT2D eigenvalue weighted by atomic mass is 10.2. The first kappa shape index (κ1) is 14.0. The van der Waals surface area contributed by atoms with Gasteiger partial charge in [-0.05, 0) is 24.3 Å². The van der Waals surface area contributed by atoms with Crippen molar-refractivity contribution in [3.05, 3.63) is 52.7 Å². The van der Waals surface area contributed by atoms with E-state index in [0.717, 1.165) is 0 Å². The Morgan fingerprint density at radius 3 is 2.68 bits per heavy atom. The minimum Gasteiger partial charge on any atom is -0.494 e. The lowest BCUT2D eigenvalue weighted by Gasteiger charge is -2.01. The summed E-state index contributed by atoms with van der Waals surface area (Å²) in [5.74, 6) is 0.135. The molecule has 0 N–H and O–H groups in total. The second-order valence-electron chi connectivity index (χ2n) is 4.64. The smallest absolute Gasteiger partial charge is 0.258 e. The van der Waals surface area contributed by atoms with Crippen LogP contribution in [-0.4, -0.2) is 21.8 Å². The summed E-state index contributed by atoms with van der Waals surface area (Å²) in [5.41, 5.74) is 0.942. The first-order chi connectivity index (χ1) is 10.6. The molecule has 3 rings (SSSR count). The van der Waals surface area contributed by atoms with Gasteiger partial charge in [0.05, 0.1) is 7.11 Å². The van der Waals surface area contributed by atoms with Crippen molar-refractivity contribution < 1.29 is 13.7 Å². The Balaban J connectivity index is 1.98. The first-order valence-electron chi connectivity index (χ1n) is 6.43. The molecule has 0 atom stereocenters. The van der Waals surface area contributed by atoms with Crippen molar-refractivity contribution in [2.75, 3.05) is 7.11 Å². The van der Waals surface area contributed by atoms with Crippen LogP contribution in [0.15, 0.2) is 45.8 Å². The number of hydrogen-bond donors (Lipinski definition) is 0. The zero-order chi connectivity index (χ0) is 15.7. The van der Waals surface area contributed by atoms with E-state index in [2.05, 4.69) is 10.1 Å². The maximum Gasteiger partial charge on any atom is 0.258 e. The zero-order valence-corrected chi connectivity index (χ0v) is 11.9. The Morgan fingerprint density at radius 2 is 2.00 bits per heavy atom. The maximum atomic E-state index is 13.7. The average molecular weight is 301 g/mol. The van der Waals surface area contributed by atoms with E-state index in [1.165, 1.54) is 29.9 Å². The molecule has 0 unspecified atom stereocenters. The van der Waals surface area contributed by atoms with Gasteiger partial charge in [-0.2, -0.15) is 4.98 Å². The van der Waals surface area contributed by atoms with Crippen LogP contribution in [0.2, 0.25) is 0 Å². The van der Waals surface area contributed by atoms with Crippen LogP contribution in [0.3, 0.4) is 0 Å². The number of halogens is 1. The van der Waals surface area contributed by atoms with Gasteiger partial charge in [0.15, 0.2) is 11.6 Å². The van der Waals surface area contributed by atoms with Gasteiger partial charge in [-0.15, -0.1) is 0 Å². The predicted octanol–water partition coefficient (Wildman–Crippen LogP) is 2.25. The number of aromatic nitrogens is 3. The Labute approximate surface area is 124 Å². The lowest BCUT2D eigenvalue weighted by molar-refractivity contribution is 0.386. The molecule has 22 heavy (non-hydrogen) atoms. The third-order valence-electron chi connectivity index (χ3n) is 3.17. The molecular weight excluding hydrogens is 289 g/mol. The van der Waals surface area contributed by atoms with Crippen molar-refractivity contribution in [2.45, 2.75) is 0 Å². The summed E-state index contributed by atoms with van der Waals surface area (Å²) >= 11 is 0. The molecule has 0 bridgehead atoms. The number of nitrogens with zero attached hydrogens (tertiary/aromatic N) is 3. The van der Waals surface area contributed by atoms with Gasteiger partial charge in [0.2, 0.25) is 11.4 Å². The minimum atomic E-state index is -0.512. The van der Waals surface area contributed by atoms with Crippen LogP contribution in [0, 0.1) is 5.82 Å². The Kier molecular flexibility index (Phi) is 3.46. The van der Waals surface area contributed by atoms with E-state index >= 15 is 0 Å². The second-order valence-corrected chi connectivity index (χ2v) is 4.64. The fourth-order valence-electron chi connectivity index (χ4n) is 1.98. The molecule has 2 heterocycles. The number of benzene rings is 1. The van der Waals surface area contributed by atoms with Crippen molar-refractivity contribution in [1.29, 1.82) is 0 Å². The fraction of sp³-hybridized carbons (Fsp3) is 0.133. The highest BCUT2D eigenvalue weighted by atomic mass is 19.1. The van der Waals surface area contributed by atoms with E-state index in [4.69, 9.17) is 9.26 Å². The van der Waals surface area contributed by atoms with E-state index in [1.54, 1.807) is 25.4 Å². The predicted molar refractivity (Wildman–Crippen MR) is 76.9 cm³/mol. The van der Waals surface area contributed by atoms with Gasteiger partial charge in [-0.3, -0.25) is 4.79 Å². The summed E-state index contributed by atoms with van der Waals surface area (Å²) in [6, 6.07) is 7.39. The standard InChI is InChI=1S/C15H12FN3O3/c1-19-8-10(4-6-13(19)20)14-17-15(22-18-14)9-3-5-12(21-2)11(16)7-9/h3-8H,1-2H3. The van der Waals surface area contributed by atoms with E-state index in [-0.39, 0.29) is 17.2 Å². The third-order valence-corrected chi connectivity index (χ3v) is 3.17. The van der Waals surface area contributed by atoms with Crippen LogP contribution in [-0.2, 0) is 7.05 Å². The SMILES string of the molecule is COc1ccc(-c2nc(-c3ccc(=O)n(C)c3)no2)cc1F. The summed E-state index contributed by atoms with van der Waals surface area (Å²) in [5, 5.41) is 3.85. The van der Waals surface area contributed by atoms with E-state index in [1.807, 2.05) is 0 Å². The molecule has 3 aromatic rings. The van der Waals surface area contributed by atoms with Crippen LogP contribution in [0.25, 0.3) is 22.8 Å². The average Bonchev–Trinajstić information content (AvgIpc) is 3.00. The number of hydrogen-bond acceptors (Lipinski definition) is 5. The molecule has 0 radical (unpaired) electrons. The molecule has 112 valence electrons. The van der Waals surface area contributed by atoms with Gasteiger partial charge in [0, 0.05) is 30.4 Å². The van der Waals surface area contributed by atoms with Gasteiger partial charge in [-0.25, -0.2) is 4.39 Å². The maximum absolute atomic E-state index is 13.7. The lowest BCUT2D eigenvalue weighted by Crippen LogP contribution is -2.14. The third kappa shape index (κ3) is 2.48. The summed E-state index contributed by atoms with van der Waals surface area (Å²) in [4.78, 5) is 15.6. The Bertz CT molecular complexity index is 886. The molecule has 1 aromatic carbocycles. The molecule has 0 saturated carbocycles. The zero-order valence-electron chi connectivity index (χ0n) is 11.9. The topological polar surface area (TPSA) is 70.2 Å². The van der Waals surface area contributed by atoms with Crippen LogP contribution in [0.1, 0.15) is 0 Å². The Hall–Kier alpha value is -2.96. The second kappa shape index (κ2) is 5.44. The highest BCUT2D eigenvalue weighted by Crippen LogP contribution is 2.26. The van der Waals surface area contributed by atoms with Gasteiger partial charge < -0.3 is 13.8 Å². The minimum absolute atomic E-state index is 0.135. The molecule has 0 aliphatic heterocycles. The van der Waals surface area contributed by atoms with Crippen molar-refractivity contribution in [3.8, 4) is 28.6 Å². The quantitative estimate of drug-likeness (QED) is 0.742. The summed E-state index contributed by atoms with van der Waals surface area (Å²) in [6.07, 6.45) is 1.60. The van der Waals surface area contributed by atoms with E-state index in [9.17, 15) is 9.18 Å². The van der Waals surface area contributed by atoms with Crippen LogP contribution in [0.4, 0.5) is 4.39 Å². The van der Waals surface area contributed by atoms with Crippen molar-refractivity contribution in [2.24, 2.45) is 7.05 Å². The van der Waals surface area contributed by atoms with Gasteiger partial charge in [0.25, 0.3) is 5.89 Å². The molecule has 0 saturated heterocycles. The number of methoxy groups -OCH3 is 1. The normalized spacial score (nSPS) is 10.7. The highest BCUT2D eigenvalue weighted by Gasteiger charge is 2.13. The van der Waals surface area contributed by atoms with Crippen LogP contribution < -0.4 is 10.3 Å². The van der Waals surface area contributed by atoms with E-state index < -0.39 is 5.82 Å². The largest absolute Gasteiger partial charge is 0.494 e. The summed E-state index contributed by atoms with van der Waals surface area (Å²) < 4.78 is 25.1. The van der Waals surface area contributed by atoms with E-state index in [0.29, 0.717) is 17.0 Å². The summed E-state index contributed by atoms with van der Waals surface area (Å²) in [7, 11) is 3.02. The van der Waals surface area contributed by atoms with Crippen LogP contribution >= 0.6 is 0 Å². The number of rotatable bonds is 3. The van der Waals surface area contributed by atoms with Gasteiger partial charge in [0.1, 0.15) is 0 Å². The Morgan fingerprint density at radius 1 is 1.23 bits per heavy atom. The number of aryl methyl sites for hydroxylation is 1. The van der Waals surface area contributed by atoms with Crippen molar-refractivity contribution in [3.63, 3.8) is 0 Å². The van der Waals surface area contributed by atoms with Gasteiger partial charge in [-0.1, -0.05) is 5.16 Å². The van der Waals surface area contributed by atoms with Crippen molar-refractivity contribution >= 4 is 0 Å². The molecule has 7 heteroatoms. The molecule has 0 aliphatic carbocycles. The number of ether oxygens (including phenoxy) is 1. The van der Waals surface area contributed by atoms with Gasteiger partial charge >= 0.3 is 0 Å². The molecule has 0 fully saturated rings. The van der Waals surface area contributed by atoms with Crippen LogP contribution in [0.5, 0.6) is 5.75 Å². The highest BCUT2D eigenvalue weighted by molar-refractivity contribution is 5.59. The first-order valence-corrected chi connectivity index (χ1v) is 6.43. The monoisotopic (exact) mass is 301 g/mol. The molecule has 2 aromatic heterocycles. The van der Waals surface area contributed by atoms with Crippen molar-refractivity contribution in [1.82, 2.24) is 14.7 Å². The molecule has 6 nitrogen and oxygen atoms in total.